The Morgan fingerprint density at radius 2 is 2.16 bits per heavy atom. The predicted molar refractivity (Wildman–Crippen MR) is 92.3 cm³/mol. The Hall–Kier alpha value is -2.19. The summed E-state index contributed by atoms with van der Waals surface area (Å²) in [7, 11) is 0. The van der Waals surface area contributed by atoms with E-state index >= 15 is 0 Å². The maximum Gasteiger partial charge on any atom is 0.243 e. The van der Waals surface area contributed by atoms with Crippen LogP contribution in [0.2, 0.25) is 0 Å². The zero-order valence-electron chi connectivity index (χ0n) is 15.2. The van der Waals surface area contributed by atoms with Crippen LogP contribution in [0.1, 0.15) is 24.0 Å². The Morgan fingerprint density at radius 1 is 1.36 bits per heavy atom. The quantitative estimate of drug-likeness (QED) is 0.883. The summed E-state index contributed by atoms with van der Waals surface area (Å²) in [6.07, 6.45) is 0.00882. The lowest BCUT2D eigenvalue weighted by atomic mass is 10.2. The number of aryl methyl sites for hydroxylation is 3. The molecule has 8 heteroatoms. The van der Waals surface area contributed by atoms with Gasteiger partial charge in [-0.1, -0.05) is 5.16 Å². The van der Waals surface area contributed by atoms with Crippen molar-refractivity contribution in [3.8, 4) is 0 Å². The Bertz CT molecular complexity index is 738. The Morgan fingerprint density at radius 3 is 2.80 bits per heavy atom. The van der Waals surface area contributed by atoms with Gasteiger partial charge in [0, 0.05) is 24.8 Å². The first-order valence-corrected chi connectivity index (χ1v) is 8.53. The van der Waals surface area contributed by atoms with E-state index in [0.717, 1.165) is 23.6 Å². The molecule has 1 aliphatic heterocycles. The highest BCUT2D eigenvalue weighted by Gasteiger charge is 2.29. The van der Waals surface area contributed by atoms with Crippen LogP contribution in [0.3, 0.4) is 0 Å². The van der Waals surface area contributed by atoms with E-state index in [9.17, 15) is 4.79 Å². The normalized spacial score (nSPS) is 19.8. The Kier molecular flexibility index (Phi) is 5.19. The fourth-order valence-electron chi connectivity index (χ4n) is 3.07. The van der Waals surface area contributed by atoms with Crippen molar-refractivity contribution in [1.29, 1.82) is 0 Å². The number of rotatable bonds is 5. The third-order valence-electron chi connectivity index (χ3n) is 4.45. The molecule has 1 N–H and O–H groups in total. The van der Waals surface area contributed by atoms with E-state index in [2.05, 4.69) is 26.5 Å². The molecule has 2 atom stereocenters. The summed E-state index contributed by atoms with van der Waals surface area (Å²) in [5.74, 6) is 0.268. The molecule has 2 aromatic heterocycles. The summed E-state index contributed by atoms with van der Waals surface area (Å²) in [5.41, 5.74) is 2.85. The standard InChI is InChI=1S/C17H25N5O3/c1-11-7-13(3)22(19-11)10-15-9-21(5-6-24-15)14(4)17(23)18-16-8-12(2)20-25-16/h7-8,14-15H,5-6,9-10H2,1-4H3,(H,18,23)/t14-,15+/m0/s1. The van der Waals surface area contributed by atoms with Crippen molar-refractivity contribution in [2.24, 2.45) is 0 Å². The molecule has 1 fully saturated rings. The van der Waals surface area contributed by atoms with Gasteiger partial charge in [0.2, 0.25) is 11.8 Å². The van der Waals surface area contributed by atoms with E-state index in [1.165, 1.54) is 0 Å². The van der Waals surface area contributed by atoms with E-state index < -0.39 is 0 Å². The van der Waals surface area contributed by atoms with Gasteiger partial charge in [0.1, 0.15) is 0 Å². The molecule has 0 spiro atoms. The third kappa shape index (κ3) is 4.26. The molecule has 0 unspecified atom stereocenters. The third-order valence-corrected chi connectivity index (χ3v) is 4.45. The minimum absolute atomic E-state index is 0.00882. The fourth-order valence-corrected chi connectivity index (χ4v) is 3.07. The van der Waals surface area contributed by atoms with Gasteiger partial charge >= 0.3 is 0 Å². The molecular formula is C17H25N5O3. The van der Waals surface area contributed by atoms with Crippen molar-refractivity contribution in [2.45, 2.75) is 46.4 Å². The monoisotopic (exact) mass is 347 g/mol. The minimum atomic E-state index is -0.280. The average Bonchev–Trinajstić information content (AvgIpc) is 3.11. The molecule has 3 heterocycles. The average molecular weight is 347 g/mol. The molecule has 1 saturated heterocycles. The van der Waals surface area contributed by atoms with E-state index in [1.54, 1.807) is 6.07 Å². The molecule has 0 aromatic carbocycles. The lowest BCUT2D eigenvalue weighted by Gasteiger charge is -2.36. The summed E-state index contributed by atoms with van der Waals surface area (Å²) in [4.78, 5) is 14.6. The number of nitrogens with one attached hydrogen (secondary N) is 1. The molecule has 2 aromatic rings. The second-order valence-electron chi connectivity index (χ2n) is 6.59. The number of morpholine rings is 1. The van der Waals surface area contributed by atoms with Crippen LogP contribution in [0, 0.1) is 20.8 Å². The second kappa shape index (κ2) is 7.37. The molecule has 0 saturated carbocycles. The van der Waals surface area contributed by atoms with Crippen LogP contribution >= 0.6 is 0 Å². The maximum atomic E-state index is 12.4. The Labute approximate surface area is 147 Å². The van der Waals surface area contributed by atoms with E-state index in [4.69, 9.17) is 9.26 Å². The molecule has 3 rings (SSSR count). The van der Waals surface area contributed by atoms with Gasteiger partial charge in [0.25, 0.3) is 0 Å². The van der Waals surface area contributed by atoms with Crippen LogP contribution < -0.4 is 5.32 Å². The van der Waals surface area contributed by atoms with E-state index in [1.807, 2.05) is 32.4 Å². The van der Waals surface area contributed by atoms with Gasteiger partial charge in [0.05, 0.1) is 36.7 Å². The van der Waals surface area contributed by atoms with Gasteiger partial charge in [-0.05, 0) is 33.8 Å². The first-order valence-electron chi connectivity index (χ1n) is 8.53. The second-order valence-corrected chi connectivity index (χ2v) is 6.59. The molecule has 1 amide bonds. The number of nitrogens with zero attached hydrogens (tertiary/aromatic N) is 4. The highest BCUT2D eigenvalue weighted by molar-refractivity contribution is 5.93. The highest BCUT2D eigenvalue weighted by Crippen LogP contribution is 2.15. The number of amides is 1. The van der Waals surface area contributed by atoms with Crippen molar-refractivity contribution in [2.75, 3.05) is 25.0 Å². The number of ether oxygens (including phenoxy) is 1. The summed E-state index contributed by atoms with van der Waals surface area (Å²) in [5, 5.41) is 11.0. The summed E-state index contributed by atoms with van der Waals surface area (Å²) >= 11 is 0. The molecule has 0 aliphatic carbocycles. The van der Waals surface area contributed by atoms with Crippen LogP contribution in [-0.4, -0.2) is 57.6 Å². The summed E-state index contributed by atoms with van der Waals surface area (Å²) in [6, 6.07) is 3.48. The van der Waals surface area contributed by atoms with Crippen LogP contribution in [0.4, 0.5) is 5.88 Å². The zero-order valence-corrected chi connectivity index (χ0v) is 15.2. The topological polar surface area (TPSA) is 85.4 Å². The van der Waals surface area contributed by atoms with Crippen molar-refractivity contribution in [1.82, 2.24) is 19.8 Å². The van der Waals surface area contributed by atoms with Gasteiger partial charge in [0.15, 0.2) is 0 Å². The lowest BCUT2D eigenvalue weighted by Crippen LogP contribution is -2.51. The number of hydrogen-bond donors (Lipinski definition) is 1. The van der Waals surface area contributed by atoms with Gasteiger partial charge in [-0.25, -0.2) is 0 Å². The first kappa shape index (κ1) is 17.6. The highest BCUT2D eigenvalue weighted by atomic mass is 16.5. The zero-order chi connectivity index (χ0) is 18.0. The minimum Gasteiger partial charge on any atom is -0.374 e. The smallest absolute Gasteiger partial charge is 0.243 e. The predicted octanol–water partition coefficient (Wildman–Crippen LogP) is 1.52. The van der Waals surface area contributed by atoms with Crippen LogP contribution in [0.25, 0.3) is 0 Å². The van der Waals surface area contributed by atoms with Gasteiger partial charge < -0.3 is 9.26 Å². The molecule has 0 radical (unpaired) electrons. The molecule has 0 bridgehead atoms. The van der Waals surface area contributed by atoms with E-state index in [-0.39, 0.29) is 18.1 Å². The number of anilines is 1. The molecule has 136 valence electrons. The summed E-state index contributed by atoms with van der Waals surface area (Å²) < 4.78 is 12.9. The SMILES string of the molecule is Cc1cc(NC(=O)[C@H](C)N2CCO[C@@H](Cn3nc(C)cc3C)C2)on1. The molecular weight excluding hydrogens is 322 g/mol. The number of carbonyl (C=O) groups is 1. The molecule has 25 heavy (non-hydrogen) atoms. The lowest BCUT2D eigenvalue weighted by molar-refractivity contribution is -0.124. The van der Waals surface area contributed by atoms with Crippen LogP contribution in [0.15, 0.2) is 16.7 Å². The largest absolute Gasteiger partial charge is 0.374 e. The van der Waals surface area contributed by atoms with Crippen LogP contribution in [-0.2, 0) is 16.1 Å². The van der Waals surface area contributed by atoms with Gasteiger partial charge in [-0.2, -0.15) is 5.10 Å². The van der Waals surface area contributed by atoms with Crippen molar-refractivity contribution < 1.29 is 14.1 Å². The van der Waals surface area contributed by atoms with Gasteiger partial charge in [-0.3, -0.25) is 19.7 Å². The van der Waals surface area contributed by atoms with Crippen molar-refractivity contribution in [3.05, 3.63) is 29.2 Å². The van der Waals surface area contributed by atoms with Crippen molar-refractivity contribution in [3.63, 3.8) is 0 Å². The van der Waals surface area contributed by atoms with Gasteiger partial charge in [-0.15, -0.1) is 0 Å². The summed E-state index contributed by atoms with van der Waals surface area (Å²) in [6.45, 7) is 10.4. The van der Waals surface area contributed by atoms with E-state index in [0.29, 0.717) is 25.6 Å². The number of aromatic nitrogens is 3. The Balaban J connectivity index is 1.58. The number of carbonyl (C=O) groups excluding carboxylic acids is 1. The maximum absolute atomic E-state index is 12.4. The van der Waals surface area contributed by atoms with Crippen LogP contribution in [0.5, 0.6) is 0 Å². The first-order chi connectivity index (χ1) is 11.9. The number of hydrogen-bond acceptors (Lipinski definition) is 6. The molecule has 1 aliphatic rings. The fraction of sp³-hybridized carbons (Fsp3) is 0.588. The molecule has 8 nitrogen and oxygen atoms in total. The van der Waals surface area contributed by atoms with Crippen molar-refractivity contribution >= 4 is 11.8 Å².